The maximum atomic E-state index is 12.0. The lowest BCUT2D eigenvalue weighted by molar-refractivity contribution is -0.125. The number of esters is 1. The molecule has 5 nitrogen and oxygen atoms in total. The molecule has 1 atom stereocenters. The van der Waals surface area contributed by atoms with Crippen LogP contribution in [0.15, 0.2) is 48.5 Å². The summed E-state index contributed by atoms with van der Waals surface area (Å²) >= 11 is 0. The molecule has 24 heavy (non-hydrogen) atoms. The molecule has 0 fully saturated rings. The van der Waals surface area contributed by atoms with Crippen molar-refractivity contribution in [2.45, 2.75) is 18.9 Å². The monoisotopic (exact) mass is 323 g/mol. The molecule has 0 radical (unpaired) electrons. The third-order valence-corrected chi connectivity index (χ3v) is 4.08. The zero-order valence-corrected chi connectivity index (χ0v) is 13.0. The molecule has 1 N–H and O–H groups in total. The molecule has 1 amide bonds. The van der Waals surface area contributed by atoms with Gasteiger partial charge in [-0.1, -0.05) is 36.4 Å². The molecule has 0 bridgehead atoms. The van der Waals surface area contributed by atoms with Crippen LogP contribution in [0.2, 0.25) is 0 Å². The zero-order chi connectivity index (χ0) is 16.9. The Morgan fingerprint density at radius 1 is 1.12 bits per heavy atom. The Balaban J connectivity index is 1.52. The van der Waals surface area contributed by atoms with Crippen molar-refractivity contribution in [3.05, 3.63) is 70.8 Å². The molecule has 122 valence electrons. The van der Waals surface area contributed by atoms with Crippen LogP contribution in [0.25, 0.3) is 0 Å². The van der Waals surface area contributed by atoms with Gasteiger partial charge in [0.25, 0.3) is 5.91 Å². The molecule has 0 spiro atoms. The smallest absolute Gasteiger partial charge is 0.338 e. The fourth-order valence-corrected chi connectivity index (χ4v) is 2.86. The largest absolute Gasteiger partial charge is 0.452 e. The molecule has 1 aliphatic rings. The summed E-state index contributed by atoms with van der Waals surface area (Å²) in [6, 6.07) is 14.0. The first-order valence-corrected chi connectivity index (χ1v) is 7.77. The normalized spacial score (nSPS) is 15.4. The molecule has 0 unspecified atom stereocenters. The first-order valence-electron chi connectivity index (χ1n) is 7.77. The van der Waals surface area contributed by atoms with E-state index >= 15 is 0 Å². The highest BCUT2D eigenvalue weighted by Gasteiger charge is 2.23. The van der Waals surface area contributed by atoms with Gasteiger partial charge in [-0.15, -0.1) is 0 Å². The van der Waals surface area contributed by atoms with Crippen molar-refractivity contribution in [1.29, 1.82) is 0 Å². The quantitative estimate of drug-likeness (QED) is 0.678. The first-order chi connectivity index (χ1) is 11.7. The van der Waals surface area contributed by atoms with Gasteiger partial charge in [0.15, 0.2) is 6.61 Å². The summed E-state index contributed by atoms with van der Waals surface area (Å²) in [5.74, 6) is -0.913. The molecule has 0 aromatic heterocycles. The number of ether oxygens (including phenoxy) is 1. The maximum Gasteiger partial charge on any atom is 0.338 e. The molecule has 0 saturated carbocycles. The number of benzene rings is 2. The lowest BCUT2D eigenvalue weighted by Gasteiger charge is -2.14. The Morgan fingerprint density at radius 2 is 1.88 bits per heavy atom. The third kappa shape index (κ3) is 3.51. The summed E-state index contributed by atoms with van der Waals surface area (Å²) in [6.45, 7) is -0.326. The number of carbonyl (C=O) groups is 3. The highest BCUT2D eigenvalue weighted by atomic mass is 16.5. The summed E-state index contributed by atoms with van der Waals surface area (Å²) in [7, 11) is 0. The fraction of sp³-hybridized carbons (Fsp3) is 0.211. The fourth-order valence-electron chi connectivity index (χ4n) is 2.86. The number of rotatable bonds is 5. The summed E-state index contributed by atoms with van der Waals surface area (Å²) in [5.41, 5.74) is 3.15. The van der Waals surface area contributed by atoms with Gasteiger partial charge in [0.2, 0.25) is 0 Å². The van der Waals surface area contributed by atoms with Crippen molar-refractivity contribution in [2.75, 3.05) is 6.61 Å². The number of aldehydes is 1. The van der Waals surface area contributed by atoms with E-state index in [1.54, 1.807) is 0 Å². The van der Waals surface area contributed by atoms with Crippen molar-refractivity contribution >= 4 is 18.2 Å². The first kappa shape index (κ1) is 15.9. The van der Waals surface area contributed by atoms with Crippen LogP contribution in [0.3, 0.4) is 0 Å². The Bertz CT molecular complexity index is 767. The minimum Gasteiger partial charge on any atom is -0.452 e. The number of aryl methyl sites for hydroxylation is 1. The van der Waals surface area contributed by atoms with Crippen LogP contribution in [0.1, 0.15) is 44.3 Å². The second-order valence-electron chi connectivity index (χ2n) is 5.67. The van der Waals surface area contributed by atoms with Gasteiger partial charge < -0.3 is 10.1 Å². The number of amides is 1. The Kier molecular flexibility index (Phi) is 4.70. The van der Waals surface area contributed by atoms with E-state index in [9.17, 15) is 14.4 Å². The predicted molar refractivity (Wildman–Crippen MR) is 87.8 cm³/mol. The van der Waals surface area contributed by atoms with Crippen LogP contribution < -0.4 is 5.32 Å². The van der Waals surface area contributed by atoms with E-state index in [0.29, 0.717) is 17.4 Å². The molecule has 3 rings (SSSR count). The average Bonchev–Trinajstić information content (AvgIpc) is 3.03. The summed E-state index contributed by atoms with van der Waals surface area (Å²) in [4.78, 5) is 34.5. The molecule has 0 saturated heterocycles. The van der Waals surface area contributed by atoms with Crippen molar-refractivity contribution in [2.24, 2.45) is 0 Å². The van der Waals surface area contributed by atoms with Crippen LogP contribution >= 0.6 is 0 Å². The molecule has 2 aromatic carbocycles. The minimum atomic E-state index is -0.588. The molecule has 2 aromatic rings. The van der Waals surface area contributed by atoms with Gasteiger partial charge in [-0.05, 0) is 36.1 Å². The van der Waals surface area contributed by atoms with Crippen LogP contribution in [0.5, 0.6) is 0 Å². The number of nitrogens with one attached hydrogen (secondary N) is 1. The van der Waals surface area contributed by atoms with Crippen LogP contribution in [0, 0.1) is 0 Å². The lowest BCUT2D eigenvalue weighted by Crippen LogP contribution is -2.31. The van der Waals surface area contributed by atoms with Gasteiger partial charge in [-0.3, -0.25) is 9.59 Å². The number of hydrogen-bond donors (Lipinski definition) is 1. The van der Waals surface area contributed by atoms with Crippen molar-refractivity contribution in [3.8, 4) is 0 Å². The van der Waals surface area contributed by atoms with E-state index in [-0.39, 0.29) is 18.6 Å². The van der Waals surface area contributed by atoms with Crippen molar-refractivity contribution in [1.82, 2.24) is 5.32 Å². The summed E-state index contributed by atoms with van der Waals surface area (Å²) in [5, 5.41) is 2.90. The van der Waals surface area contributed by atoms with Crippen LogP contribution in [0.4, 0.5) is 0 Å². The molecule has 1 aliphatic carbocycles. The molecule has 5 heteroatoms. The highest BCUT2D eigenvalue weighted by molar-refractivity contribution is 5.92. The van der Waals surface area contributed by atoms with E-state index in [0.717, 1.165) is 18.4 Å². The highest BCUT2D eigenvalue weighted by Crippen LogP contribution is 2.30. The Hall–Kier alpha value is -2.95. The summed E-state index contributed by atoms with van der Waals surface area (Å²) in [6.07, 6.45) is 2.48. The van der Waals surface area contributed by atoms with E-state index < -0.39 is 5.97 Å². The topological polar surface area (TPSA) is 72.5 Å². The van der Waals surface area contributed by atoms with Crippen LogP contribution in [-0.4, -0.2) is 24.8 Å². The average molecular weight is 323 g/mol. The van der Waals surface area contributed by atoms with Crippen molar-refractivity contribution in [3.63, 3.8) is 0 Å². The van der Waals surface area contributed by atoms with Gasteiger partial charge in [-0.2, -0.15) is 0 Å². The van der Waals surface area contributed by atoms with Gasteiger partial charge in [0.05, 0.1) is 11.6 Å². The standard InChI is InChI=1S/C19H17NO4/c21-11-13-5-7-15(8-6-13)19(23)24-12-18(22)20-17-10-9-14-3-1-2-4-16(14)17/h1-8,11,17H,9-10,12H2,(H,20,22)/t17-/m1/s1. The number of fused-ring (bicyclic) bond motifs is 1. The van der Waals surface area contributed by atoms with Crippen molar-refractivity contribution < 1.29 is 19.1 Å². The SMILES string of the molecule is O=Cc1ccc(C(=O)OCC(=O)N[C@@H]2CCc3ccccc32)cc1. The molecular weight excluding hydrogens is 306 g/mol. The molecular formula is C19H17NO4. The van der Waals surface area contributed by atoms with Gasteiger partial charge in [-0.25, -0.2) is 4.79 Å². The third-order valence-electron chi connectivity index (χ3n) is 4.08. The second-order valence-corrected chi connectivity index (χ2v) is 5.67. The van der Waals surface area contributed by atoms with E-state index in [1.807, 2.05) is 18.2 Å². The number of hydrogen-bond acceptors (Lipinski definition) is 4. The predicted octanol–water partition coefficient (Wildman–Crippen LogP) is 2.46. The van der Waals surface area contributed by atoms with Crippen LogP contribution in [-0.2, 0) is 16.0 Å². The van der Waals surface area contributed by atoms with Gasteiger partial charge in [0, 0.05) is 5.56 Å². The van der Waals surface area contributed by atoms with E-state index in [4.69, 9.17) is 4.74 Å². The summed E-state index contributed by atoms with van der Waals surface area (Å²) < 4.78 is 5.02. The lowest BCUT2D eigenvalue weighted by atomic mass is 10.1. The van der Waals surface area contributed by atoms with Gasteiger partial charge in [0.1, 0.15) is 6.29 Å². The Labute approximate surface area is 139 Å². The van der Waals surface area contributed by atoms with E-state index in [1.165, 1.54) is 29.8 Å². The van der Waals surface area contributed by atoms with E-state index in [2.05, 4.69) is 11.4 Å². The Morgan fingerprint density at radius 3 is 2.62 bits per heavy atom. The molecule has 0 aliphatic heterocycles. The maximum absolute atomic E-state index is 12.0. The number of carbonyl (C=O) groups excluding carboxylic acids is 3. The second kappa shape index (κ2) is 7.08. The van der Waals surface area contributed by atoms with Gasteiger partial charge >= 0.3 is 5.97 Å². The molecule has 0 heterocycles. The minimum absolute atomic E-state index is 0.0284. The zero-order valence-electron chi connectivity index (χ0n) is 13.0.